The number of hydrogen-bond acceptors (Lipinski definition) is 0. The standard InChI is InChI=1S/Al.3O.Zr/q+3;3*-2;+4. The molecule has 5 heavy (non-hydrogen) atoms. The summed E-state index contributed by atoms with van der Waals surface area (Å²) in [4.78, 5) is 0. The van der Waals surface area contributed by atoms with Gasteiger partial charge < -0.3 is 16.4 Å². The average molecular weight is 166 g/mol. The van der Waals surface area contributed by atoms with E-state index >= 15 is 0 Å². The van der Waals surface area contributed by atoms with E-state index in [0.29, 0.717) is 0 Å². The summed E-state index contributed by atoms with van der Waals surface area (Å²) in [5.74, 6) is 0. The van der Waals surface area contributed by atoms with Gasteiger partial charge in [-0.05, 0) is 0 Å². The zero-order valence-corrected chi connectivity index (χ0v) is 5.91. The van der Waals surface area contributed by atoms with Crippen LogP contribution < -0.4 is 0 Å². The summed E-state index contributed by atoms with van der Waals surface area (Å²) in [7, 11) is 0. The van der Waals surface area contributed by atoms with Gasteiger partial charge in [-0.3, -0.25) is 0 Å². The molecule has 5 heteroatoms. The van der Waals surface area contributed by atoms with Gasteiger partial charge in [-0.1, -0.05) is 0 Å². The minimum atomic E-state index is 0. The molecule has 0 aliphatic heterocycles. The molecule has 0 fully saturated rings. The van der Waals surface area contributed by atoms with Crippen LogP contribution in [0.2, 0.25) is 0 Å². The molecule has 0 amide bonds. The van der Waals surface area contributed by atoms with Crippen molar-refractivity contribution in [2.24, 2.45) is 0 Å². The van der Waals surface area contributed by atoms with Gasteiger partial charge in [0.2, 0.25) is 0 Å². The van der Waals surface area contributed by atoms with E-state index in [-0.39, 0.29) is 60.0 Å². The van der Waals surface area contributed by atoms with Crippen LogP contribution in [0.5, 0.6) is 0 Å². The van der Waals surface area contributed by atoms with E-state index in [0.717, 1.165) is 0 Å². The van der Waals surface area contributed by atoms with Crippen molar-refractivity contribution < 1.29 is 42.6 Å². The van der Waals surface area contributed by atoms with Crippen LogP contribution in [0.1, 0.15) is 0 Å². The molecule has 0 bridgehead atoms. The van der Waals surface area contributed by atoms with Gasteiger partial charge in [0.1, 0.15) is 0 Å². The minimum Gasteiger partial charge on any atom is -2.00 e. The van der Waals surface area contributed by atoms with E-state index in [1.54, 1.807) is 0 Å². The SMILES string of the molecule is [Al+3].[O-2].[O-2].[O-2].[Zr+4]. The maximum absolute atomic E-state index is 0. The fourth-order valence-corrected chi connectivity index (χ4v) is 0. The molecule has 0 aromatic rings. The first-order valence-electron chi connectivity index (χ1n) is 0. The van der Waals surface area contributed by atoms with Crippen molar-refractivity contribution in [2.45, 2.75) is 0 Å². The zero-order chi connectivity index (χ0) is 0. The van der Waals surface area contributed by atoms with Crippen molar-refractivity contribution in [3.8, 4) is 0 Å². The van der Waals surface area contributed by atoms with Crippen LogP contribution in [0.25, 0.3) is 0 Å². The molecule has 0 rings (SSSR count). The van der Waals surface area contributed by atoms with Gasteiger partial charge in [0.25, 0.3) is 0 Å². The Bertz CT molecular complexity index is 6.85. The Balaban J connectivity index is 0. The first-order chi connectivity index (χ1) is 0. The van der Waals surface area contributed by atoms with Crippen molar-refractivity contribution in [3.05, 3.63) is 0 Å². The van der Waals surface area contributed by atoms with Crippen LogP contribution in [0.4, 0.5) is 0 Å². The van der Waals surface area contributed by atoms with Crippen molar-refractivity contribution in [1.82, 2.24) is 0 Å². The quantitative estimate of drug-likeness (QED) is 0.424. The van der Waals surface area contributed by atoms with Crippen LogP contribution >= 0.6 is 0 Å². The molecule has 0 aliphatic rings. The van der Waals surface area contributed by atoms with E-state index in [2.05, 4.69) is 0 Å². The molecule has 0 aromatic carbocycles. The molecule has 0 heterocycles. The summed E-state index contributed by atoms with van der Waals surface area (Å²) >= 11 is 0. The molecule has 0 spiro atoms. The summed E-state index contributed by atoms with van der Waals surface area (Å²) in [6.07, 6.45) is 0. The van der Waals surface area contributed by atoms with Crippen molar-refractivity contribution >= 4 is 17.4 Å². The fourth-order valence-electron chi connectivity index (χ4n) is 0. The van der Waals surface area contributed by atoms with Crippen LogP contribution in [0.15, 0.2) is 0 Å². The van der Waals surface area contributed by atoms with Gasteiger partial charge >= 0.3 is 43.6 Å². The largest absolute Gasteiger partial charge is 4.00 e. The minimum absolute atomic E-state index is 0. The maximum atomic E-state index is 0. The summed E-state index contributed by atoms with van der Waals surface area (Å²) in [6, 6.07) is 0. The van der Waals surface area contributed by atoms with Crippen LogP contribution in [0, 0.1) is 0 Å². The summed E-state index contributed by atoms with van der Waals surface area (Å²) < 4.78 is 0. The van der Waals surface area contributed by atoms with E-state index in [9.17, 15) is 0 Å². The smallest absolute Gasteiger partial charge is 2.00 e. The molecule has 0 saturated carbocycles. The van der Waals surface area contributed by atoms with Gasteiger partial charge in [0, 0.05) is 0 Å². The molecule has 0 atom stereocenters. The second-order valence-corrected chi connectivity index (χ2v) is 0. The van der Waals surface area contributed by atoms with E-state index < -0.39 is 0 Å². The third-order valence-corrected chi connectivity index (χ3v) is 0. The Hall–Kier alpha value is 1.30. The Kier molecular flexibility index (Phi) is 1220. The van der Waals surface area contributed by atoms with Gasteiger partial charge in [-0.25, -0.2) is 0 Å². The third kappa shape index (κ3) is 34.3. The predicted molar refractivity (Wildman–Crippen MR) is 7.81 cm³/mol. The Morgan fingerprint density at radius 2 is 0.600 bits per heavy atom. The topological polar surface area (TPSA) is 85.5 Å². The summed E-state index contributed by atoms with van der Waals surface area (Å²) in [6.45, 7) is 0. The molecule has 24 valence electrons. The average Bonchev–Trinajstić information content (AvgIpc) is 0. The summed E-state index contributed by atoms with van der Waals surface area (Å²) in [5.41, 5.74) is 0. The first kappa shape index (κ1) is 105. The van der Waals surface area contributed by atoms with Crippen molar-refractivity contribution in [3.63, 3.8) is 0 Å². The fraction of sp³-hybridized carbons (Fsp3) is 0. The molecule has 0 aromatic heterocycles. The maximum Gasteiger partial charge on any atom is 4.00 e. The van der Waals surface area contributed by atoms with Crippen molar-refractivity contribution in [2.75, 3.05) is 0 Å². The molecular formula is AlO3Zr+. The second kappa shape index (κ2) is 58.2. The molecule has 0 unspecified atom stereocenters. The Labute approximate surface area is 59.9 Å². The van der Waals surface area contributed by atoms with Crippen LogP contribution in [-0.2, 0) is 42.6 Å². The third-order valence-electron chi connectivity index (χ3n) is 0. The Morgan fingerprint density at radius 1 is 0.600 bits per heavy atom. The summed E-state index contributed by atoms with van der Waals surface area (Å²) in [5, 5.41) is 0. The van der Waals surface area contributed by atoms with Crippen LogP contribution in [-0.4, -0.2) is 17.4 Å². The van der Waals surface area contributed by atoms with Gasteiger partial charge in [0.05, 0.1) is 0 Å². The number of rotatable bonds is 0. The normalized spacial score (nSPS) is 0. The van der Waals surface area contributed by atoms with Crippen molar-refractivity contribution in [1.29, 1.82) is 0 Å². The van der Waals surface area contributed by atoms with E-state index in [1.165, 1.54) is 0 Å². The van der Waals surface area contributed by atoms with Crippen LogP contribution in [0.3, 0.4) is 0 Å². The van der Waals surface area contributed by atoms with Gasteiger partial charge in [-0.2, -0.15) is 0 Å². The first-order valence-corrected chi connectivity index (χ1v) is 0. The molecular weight excluding hydrogens is 166 g/mol. The Morgan fingerprint density at radius 3 is 0.600 bits per heavy atom. The molecule has 0 aliphatic carbocycles. The van der Waals surface area contributed by atoms with E-state index in [1.807, 2.05) is 0 Å². The zero-order valence-electron chi connectivity index (χ0n) is 2.30. The van der Waals surface area contributed by atoms with Gasteiger partial charge in [0.15, 0.2) is 0 Å². The van der Waals surface area contributed by atoms with E-state index in [4.69, 9.17) is 0 Å². The number of hydrogen-bond donors (Lipinski definition) is 0. The molecule has 0 saturated heterocycles. The molecule has 3 nitrogen and oxygen atoms in total. The monoisotopic (exact) mass is 165 g/mol. The molecule has 0 N–H and O–H groups in total. The predicted octanol–water partition coefficient (Wildman–Crippen LogP) is -0.740. The molecule has 0 radical (unpaired) electrons. The second-order valence-electron chi connectivity index (χ2n) is 0. The van der Waals surface area contributed by atoms with Gasteiger partial charge in [-0.15, -0.1) is 0 Å².